The molecule has 9 nitrogen and oxygen atoms in total. The summed E-state index contributed by atoms with van der Waals surface area (Å²) in [5.41, 5.74) is 5.18. The Hall–Kier alpha value is -4.40. The van der Waals surface area contributed by atoms with Crippen LogP contribution in [0.2, 0.25) is 16.6 Å². The van der Waals surface area contributed by atoms with Gasteiger partial charge in [0.05, 0.1) is 26.9 Å². The number of aliphatic hydroxyl groups is 1. The van der Waals surface area contributed by atoms with Crippen LogP contribution in [0, 0.1) is 11.5 Å². The Bertz CT molecular complexity index is 1870. The third-order valence-electron chi connectivity index (χ3n) is 10.4. The van der Waals surface area contributed by atoms with Gasteiger partial charge in [-0.05, 0) is 57.6 Å². The molecule has 0 saturated carbocycles. The summed E-state index contributed by atoms with van der Waals surface area (Å²) in [5.74, 6) is 4.58. The van der Waals surface area contributed by atoms with Gasteiger partial charge in [-0.3, -0.25) is 14.3 Å². The Morgan fingerprint density at radius 3 is 1.84 bits per heavy atom. The van der Waals surface area contributed by atoms with Gasteiger partial charge in [-0.25, -0.2) is 4.79 Å². The molecule has 270 valence electrons. The second-order valence-electron chi connectivity index (χ2n) is 14.1. The SMILES string of the molecule is COc1ccc(C(OC[C@H]2O[C@@H](n3cc(C#C[Si](C(C)C)(C(C)C)C(C)C)c(=O)[nH]c3=O)C[C@@H]2O)(c2ccccc2)c2ccc(OC)cc2)cc1. The molecule has 1 fully saturated rings. The van der Waals surface area contributed by atoms with Crippen LogP contribution in [0.25, 0.3) is 0 Å². The van der Waals surface area contributed by atoms with Crippen molar-refractivity contribution < 1.29 is 24.1 Å². The van der Waals surface area contributed by atoms with Crippen LogP contribution in [0.1, 0.15) is 76.4 Å². The molecule has 1 aliphatic heterocycles. The minimum atomic E-state index is -2.14. The van der Waals surface area contributed by atoms with Gasteiger partial charge in [0.15, 0.2) is 0 Å². The molecule has 3 atom stereocenters. The molecule has 0 amide bonds. The lowest BCUT2D eigenvalue weighted by molar-refractivity contribution is -0.0944. The van der Waals surface area contributed by atoms with E-state index in [9.17, 15) is 14.7 Å². The highest BCUT2D eigenvalue weighted by Crippen LogP contribution is 2.43. The summed E-state index contributed by atoms with van der Waals surface area (Å²) in [4.78, 5) is 28.6. The third kappa shape index (κ3) is 7.49. The standard InChI is InChI=1S/C41H50N2O7Si/c1-27(2)51(28(3)4,29(5)6)23-22-30-25-43(40(46)42-39(30)45)38-24-36(44)37(50-38)26-49-41(31-12-10-9-11-13-31,32-14-18-34(47-7)19-15-32)33-16-20-35(48-8)21-17-33/h9-21,25,27-29,36-38,44H,24,26H2,1-8H3,(H,42,45,46)/t36-,37+,38+/m0/s1. The van der Waals surface area contributed by atoms with E-state index < -0.39 is 43.4 Å². The third-order valence-corrected chi connectivity index (χ3v) is 16.7. The Morgan fingerprint density at radius 2 is 1.35 bits per heavy atom. The van der Waals surface area contributed by atoms with Crippen molar-refractivity contribution in [1.29, 1.82) is 0 Å². The molecule has 1 saturated heterocycles. The molecule has 5 rings (SSSR count). The molecule has 51 heavy (non-hydrogen) atoms. The average molecular weight is 711 g/mol. The van der Waals surface area contributed by atoms with Crippen LogP contribution in [-0.4, -0.2) is 55.8 Å². The van der Waals surface area contributed by atoms with Crippen molar-refractivity contribution in [2.75, 3.05) is 20.8 Å². The molecule has 0 unspecified atom stereocenters. The number of hydrogen-bond acceptors (Lipinski definition) is 7. The highest BCUT2D eigenvalue weighted by atomic mass is 28.3. The van der Waals surface area contributed by atoms with E-state index in [1.165, 1.54) is 10.8 Å². The fraction of sp³-hybridized carbons (Fsp3) is 0.415. The Kier molecular flexibility index (Phi) is 11.8. The molecule has 1 aromatic heterocycles. The first-order chi connectivity index (χ1) is 24.4. The number of ether oxygens (including phenoxy) is 4. The minimum absolute atomic E-state index is 0.0132. The van der Waals surface area contributed by atoms with E-state index >= 15 is 0 Å². The summed E-state index contributed by atoms with van der Waals surface area (Å²) in [6.45, 7) is 13.2. The normalized spacial score (nSPS) is 17.8. The molecule has 0 bridgehead atoms. The van der Waals surface area contributed by atoms with Gasteiger partial charge in [-0.2, -0.15) is 0 Å². The van der Waals surface area contributed by atoms with E-state index in [0.717, 1.165) is 16.7 Å². The fourth-order valence-electron chi connectivity index (χ4n) is 7.71. The fourth-order valence-corrected chi connectivity index (χ4v) is 12.9. The Labute approximate surface area is 301 Å². The van der Waals surface area contributed by atoms with Crippen LogP contribution in [0.4, 0.5) is 0 Å². The molecule has 1 aliphatic rings. The number of aliphatic hydroxyl groups excluding tert-OH is 1. The highest BCUT2D eigenvalue weighted by Gasteiger charge is 2.43. The molecule has 2 heterocycles. The van der Waals surface area contributed by atoms with Gasteiger partial charge in [0.2, 0.25) is 0 Å². The first-order valence-electron chi connectivity index (χ1n) is 17.6. The topological polar surface area (TPSA) is 112 Å². The van der Waals surface area contributed by atoms with E-state index in [1.54, 1.807) is 14.2 Å². The molecule has 0 aliphatic carbocycles. The molecular formula is C41H50N2O7Si. The predicted molar refractivity (Wildman–Crippen MR) is 202 cm³/mol. The van der Waals surface area contributed by atoms with Crippen molar-refractivity contribution in [1.82, 2.24) is 9.55 Å². The Morgan fingerprint density at radius 1 is 0.843 bits per heavy atom. The average Bonchev–Trinajstić information content (AvgIpc) is 3.49. The van der Waals surface area contributed by atoms with Crippen molar-refractivity contribution in [2.24, 2.45) is 0 Å². The Balaban J connectivity index is 1.50. The first-order valence-corrected chi connectivity index (χ1v) is 19.8. The zero-order chi connectivity index (χ0) is 36.9. The first kappa shape index (κ1) is 37.8. The maximum absolute atomic E-state index is 13.1. The number of rotatable bonds is 12. The number of nitrogens with one attached hydrogen (secondary N) is 1. The van der Waals surface area contributed by atoms with Gasteiger partial charge in [0.1, 0.15) is 43.1 Å². The minimum Gasteiger partial charge on any atom is -0.497 e. The number of aromatic nitrogens is 2. The molecule has 3 aromatic carbocycles. The predicted octanol–water partition coefficient (Wildman–Crippen LogP) is 6.78. The maximum Gasteiger partial charge on any atom is 0.330 e. The van der Waals surface area contributed by atoms with Crippen LogP contribution in [0.5, 0.6) is 11.5 Å². The van der Waals surface area contributed by atoms with Crippen molar-refractivity contribution >= 4 is 8.07 Å². The smallest absolute Gasteiger partial charge is 0.330 e. The summed E-state index contributed by atoms with van der Waals surface area (Å²) in [5, 5.41) is 11.3. The van der Waals surface area contributed by atoms with Crippen molar-refractivity contribution in [3.05, 3.63) is 128 Å². The summed E-state index contributed by atoms with van der Waals surface area (Å²) < 4.78 is 25.6. The van der Waals surface area contributed by atoms with Crippen molar-refractivity contribution in [3.63, 3.8) is 0 Å². The van der Waals surface area contributed by atoms with Gasteiger partial charge in [0, 0.05) is 12.6 Å². The monoisotopic (exact) mass is 710 g/mol. The summed E-state index contributed by atoms with van der Waals surface area (Å²) in [7, 11) is 1.10. The molecular weight excluding hydrogens is 661 g/mol. The van der Waals surface area contributed by atoms with Crippen LogP contribution >= 0.6 is 0 Å². The zero-order valence-electron chi connectivity index (χ0n) is 30.8. The van der Waals surface area contributed by atoms with Crippen LogP contribution in [-0.2, 0) is 15.1 Å². The molecule has 4 aromatic rings. The maximum atomic E-state index is 13.1. The van der Waals surface area contributed by atoms with Crippen LogP contribution in [0.15, 0.2) is 94.6 Å². The summed E-state index contributed by atoms with van der Waals surface area (Å²) in [6.07, 6.45) is -0.984. The lowest BCUT2D eigenvalue weighted by Gasteiger charge is -2.38. The van der Waals surface area contributed by atoms with Crippen molar-refractivity contribution in [2.45, 2.75) is 88.6 Å². The zero-order valence-corrected chi connectivity index (χ0v) is 31.8. The molecule has 10 heteroatoms. The summed E-state index contributed by atoms with van der Waals surface area (Å²) >= 11 is 0. The van der Waals surface area contributed by atoms with E-state index in [1.807, 2.05) is 78.9 Å². The lowest BCUT2D eigenvalue weighted by atomic mass is 9.80. The largest absolute Gasteiger partial charge is 0.497 e. The molecule has 0 spiro atoms. The van der Waals surface area contributed by atoms with Gasteiger partial charge in [-0.15, -0.1) is 5.54 Å². The number of benzene rings is 3. The molecule has 0 radical (unpaired) electrons. The quantitative estimate of drug-likeness (QED) is 0.0948. The second kappa shape index (κ2) is 15.9. The second-order valence-corrected chi connectivity index (χ2v) is 19.7. The lowest BCUT2D eigenvalue weighted by Crippen LogP contribution is -2.43. The highest BCUT2D eigenvalue weighted by molar-refractivity contribution is 6.90. The van der Waals surface area contributed by atoms with Gasteiger partial charge < -0.3 is 24.1 Å². The number of hydrogen-bond donors (Lipinski definition) is 2. The van der Waals surface area contributed by atoms with Crippen molar-refractivity contribution in [3.8, 4) is 23.0 Å². The van der Waals surface area contributed by atoms with Gasteiger partial charge in [-0.1, -0.05) is 102 Å². The van der Waals surface area contributed by atoms with E-state index in [-0.39, 0.29) is 18.6 Å². The number of aromatic amines is 1. The van der Waals surface area contributed by atoms with Gasteiger partial charge in [0.25, 0.3) is 5.56 Å². The number of H-pyrrole nitrogens is 1. The number of methoxy groups -OCH3 is 2. The van der Waals surface area contributed by atoms with E-state index in [4.69, 9.17) is 18.9 Å². The van der Waals surface area contributed by atoms with E-state index in [2.05, 4.69) is 58.0 Å². The summed E-state index contributed by atoms with van der Waals surface area (Å²) in [6, 6.07) is 25.2. The van der Waals surface area contributed by atoms with E-state index in [0.29, 0.717) is 28.1 Å². The van der Waals surface area contributed by atoms with Crippen LogP contribution < -0.4 is 20.7 Å². The molecule has 2 N–H and O–H groups in total. The number of nitrogens with zero attached hydrogens (tertiary/aromatic N) is 1. The van der Waals surface area contributed by atoms with Gasteiger partial charge >= 0.3 is 5.69 Å². The van der Waals surface area contributed by atoms with Crippen LogP contribution in [0.3, 0.4) is 0 Å².